The zero-order chi connectivity index (χ0) is 32.1. The molecule has 1 aromatic carbocycles. The number of H-pyrrole nitrogens is 1. The van der Waals surface area contributed by atoms with Crippen LogP contribution < -0.4 is 27.0 Å². The molecule has 14 nitrogen and oxygen atoms in total. The van der Waals surface area contributed by atoms with Crippen molar-refractivity contribution in [1.29, 1.82) is 0 Å². The lowest BCUT2D eigenvalue weighted by molar-refractivity contribution is -0.143. The highest BCUT2D eigenvalue weighted by atomic mass is 16.4. The number of aliphatic hydroxyl groups excluding tert-OH is 1. The van der Waals surface area contributed by atoms with Crippen LogP contribution in [0.4, 0.5) is 0 Å². The molecular weight excluding hydrogens is 558 g/mol. The van der Waals surface area contributed by atoms with Gasteiger partial charge in [0.2, 0.25) is 23.6 Å². The minimum atomic E-state index is -1.58. The molecular formula is C29H43N7O7. The van der Waals surface area contributed by atoms with Gasteiger partial charge in [-0.05, 0) is 30.2 Å². The highest BCUT2D eigenvalue weighted by Gasteiger charge is 2.33. The van der Waals surface area contributed by atoms with Crippen molar-refractivity contribution in [1.82, 2.24) is 31.2 Å². The van der Waals surface area contributed by atoms with E-state index in [1.807, 2.05) is 44.2 Å². The Bertz CT molecular complexity index is 1210. The molecule has 0 spiro atoms. The van der Waals surface area contributed by atoms with Crippen molar-refractivity contribution in [3.05, 3.63) is 54.1 Å². The number of rotatable bonds is 17. The first-order valence-electron chi connectivity index (χ1n) is 14.1. The number of aromatic nitrogens is 2. The van der Waals surface area contributed by atoms with Crippen molar-refractivity contribution in [3.63, 3.8) is 0 Å². The fourth-order valence-corrected chi connectivity index (χ4v) is 4.28. The fraction of sp³-hybridized carbons (Fsp3) is 0.517. The molecule has 0 unspecified atom stereocenters. The van der Waals surface area contributed by atoms with Crippen molar-refractivity contribution in [3.8, 4) is 0 Å². The summed E-state index contributed by atoms with van der Waals surface area (Å²) < 4.78 is 0. The van der Waals surface area contributed by atoms with Crippen LogP contribution in [0.2, 0.25) is 0 Å². The van der Waals surface area contributed by atoms with E-state index in [2.05, 4.69) is 31.2 Å². The monoisotopic (exact) mass is 601 g/mol. The molecule has 4 amide bonds. The van der Waals surface area contributed by atoms with E-state index in [4.69, 9.17) is 5.73 Å². The van der Waals surface area contributed by atoms with Gasteiger partial charge in [0.1, 0.15) is 24.2 Å². The summed E-state index contributed by atoms with van der Waals surface area (Å²) in [6, 6.07) is 3.40. The summed E-state index contributed by atoms with van der Waals surface area (Å²) in [5.41, 5.74) is 7.47. The zero-order valence-corrected chi connectivity index (χ0v) is 24.9. The molecule has 0 bridgehead atoms. The highest BCUT2D eigenvalue weighted by Crippen LogP contribution is 2.10. The number of aliphatic carboxylic acids is 1. The highest BCUT2D eigenvalue weighted by molar-refractivity contribution is 5.95. The van der Waals surface area contributed by atoms with Gasteiger partial charge in [0, 0.05) is 18.3 Å². The van der Waals surface area contributed by atoms with Crippen LogP contribution in [-0.4, -0.2) is 86.6 Å². The molecule has 2 rings (SSSR count). The third-order valence-electron chi connectivity index (χ3n) is 6.63. The maximum atomic E-state index is 13.4. The Labute approximate surface area is 250 Å². The number of imidazole rings is 1. The van der Waals surface area contributed by atoms with Gasteiger partial charge in [0.25, 0.3) is 0 Å². The molecule has 2 aromatic rings. The van der Waals surface area contributed by atoms with Crippen LogP contribution in [0.25, 0.3) is 0 Å². The smallest absolute Gasteiger partial charge is 0.328 e. The summed E-state index contributed by atoms with van der Waals surface area (Å²) >= 11 is 0. The minimum Gasteiger partial charge on any atom is -0.480 e. The van der Waals surface area contributed by atoms with Crippen LogP contribution in [0.15, 0.2) is 42.9 Å². The Morgan fingerprint density at radius 2 is 1.44 bits per heavy atom. The molecule has 9 N–H and O–H groups in total. The molecule has 1 heterocycles. The van der Waals surface area contributed by atoms with E-state index >= 15 is 0 Å². The third kappa shape index (κ3) is 11.5. The predicted octanol–water partition coefficient (Wildman–Crippen LogP) is -0.760. The van der Waals surface area contributed by atoms with Gasteiger partial charge in [-0.25, -0.2) is 9.78 Å². The van der Waals surface area contributed by atoms with Gasteiger partial charge in [-0.2, -0.15) is 0 Å². The first-order valence-corrected chi connectivity index (χ1v) is 14.1. The van der Waals surface area contributed by atoms with Gasteiger partial charge in [-0.1, -0.05) is 58.0 Å². The van der Waals surface area contributed by atoms with Gasteiger partial charge >= 0.3 is 5.97 Å². The molecule has 5 atom stereocenters. The van der Waals surface area contributed by atoms with Gasteiger partial charge in [-0.15, -0.1) is 0 Å². The lowest BCUT2D eigenvalue weighted by Gasteiger charge is -2.28. The van der Waals surface area contributed by atoms with E-state index in [9.17, 15) is 34.2 Å². The standard InChI is InChI=1S/C29H43N7O7/c1-16(2)10-21(33-25(38)20(30)11-18-8-6-5-7-9-18)27(40)36-24(17(3)4)28(41)34-22(12-19-13-31-15-32-19)26(39)35-23(14-37)29(42)43/h5-9,13,15-17,20-24,37H,10-12,14,30H2,1-4H3,(H,31,32)(H,33,38)(H,34,41)(H,35,39)(H,36,40)(H,42,43)/t20-,21-,22-,23-,24-/m0/s1. The third-order valence-corrected chi connectivity index (χ3v) is 6.63. The molecule has 236 valence electrons. The number of nitrogens with zero attached hydrogens (tertiary/aromatic N) is 1. The zero-order valence-electron chi connectivity index (χ0n) is 24.9. The molecule has 0 aliphatic rings. The second kappa shape index (κ2) is 17.0. The number of amides is 4. The lowest BCUT2D eigenvalue weighted by Crippen LogP contribution is -2.60. The summed E-state index contributed by atoms with van der Waals surface area (Å²) in [6.07, 6.45) is 3.31. The Morgan fingerprint density at radius 1 is 0.837 bits per heavy atom. The van der Waals surface area contributed by atoms with Crippen molar-refractivity contribution >= 4 is 29.6 Å². The summed E-state index contributed by atoms with van der Waals surface area (Å²) in [7, 11) is 0. The number of carboxylic acid groups (broad SMARTS) is 1. The quantitative estimate of drug-likeness (QED) is 0.114. The average Bonchev–Trinajstić information content (AvgIpc) is 3.46. The largest absolute Gasteiger partial charge is 0.480 e. The number of aromatic amines is 1. The van der Waals surface area contributed by atoms with Crippen molar-refractivity contribution in [2.24, 2.45) is 17.6 Å². The number of nitrogens with one attached hydrogen (secondary N) is 5. The first-order chi connectivity index (χ1) is 20.3. The topological polar surface area (TPSA) is 229 Å². The molecule has 0 fully saturated rings. The molecule has 0 aliphatic heterocycles. The van der Waals surface area contributed by atoms with Gasteiger partial charge in [0.05, 0.1) is 19.0 Å². The van der Waals surface area contributed by atoms with Gasteiger partial charge in [-0.3, -0.25) is 19.2 Å². The number of hydrogen-bond donors (Lipinski definition) is 8. The number of hydrogen-bond acceptors (Lipinski definition) is 8. The normalized spacial score (nSPS) is 14.7. The lowest BCUT2D eigenvalue weighted by atomic mass is 9.98. The molecule has 1 aromatic heterocycles. The number of nitrogens with two attached hydrogens (primary N) is 1. The van der Waals surface area contributed by atoms with Crippen LogP contribution in [0.3, 0.4) is 0 Å². The Balaban J connectivity index is 2.17. The predicted molar refractivity (Wildman–Crippen MR) is 157 cm³/mol. The van der Waals surface area contributed by atoms with Crippen LogP contribution >= 0.6 is 0 Å². The van der Waals surface area contributed by atoms with E-state index in [1.165, 1.54) is 12.5 Å². The maximum absolute atomic E-state index is 13.4. The second-order valence-corrected chi connectivity index (χ2v) is 11.1. The van der Waals surface area contributed by atoms with E-state index in [0.29, 0.717) is 5.69 Å². The summed E-state index contributed by atoms with van der Waals surface area (Å²) in [5.74, 6) is -4.52. The Morgan fingerprint density at radius 3 is 1.98 bits per heavy atom. The van der Waals surface area contributed by atoms with Crippen molar-refractivity contribution in [2.45, 2.75) is 77.2 Å². The molecule has 14 heteroatoms. The van der Waals surface area contributed by atoms with Crippen molar-refractivity contribution in [2.75, 3.05) is 6.61 Å². The molecule has 0 aliphatic carbocycles. The van der Waals surface area contributed by atoms with E-state index in [-0.39, 0.29) is 25.2 Å². The first kappa shape index (κ1) is 34.9. The summed E-state index contributed by atoms with van der Waals surface area (Å²) in [4.78, 5) is 70.8. The number of carbonyl (C=O) groups excluding carboxylic acids is 4. The summed E-state index contributed by atoms with van der Waals surface area (Å²) in [5, 5.41) is 28.7. The number of carboxylic acids is 1. The Kier molecular flexibility index (Phi) is 13.8. The SMILES string of the molecule is CC(C)C[C@H](NC(=O)[C@@H](N)Cc1ccccc1)C(=O)N[C@H](C(=O)N[C@@H](Cc1cnc[nH]1)C(=O)N[C@@H](CO)C(=O)O)C(C)C. The van der Waals surface area contributed by atoms with Crippen LogP contribution in [0.1, 0.15) is 45.4 Å². The van der Waals surface area contributed by atoms with E-state index in [1.54, 1.807) is 13.8 Å². The minimum absolute atomic E-state index is 0.0175. The van der Waals surface area contributed by atoms with Crippen molar-refractivity contribution < 1.29 is 34.2 Å². The fourth-order valence-electron chi connectivity index (χ4n) is 4.28. The van der Waals surface area contributed by atoms with E-state index < -0.39 is 72.3 Å². The maximum Gasteiger partial charge on any atom is 0.328 e. The van der Waals surface area contributed by atoms with Crippen LogP contribution in [0.5, 0.6) is 0 Å². The van der Waals surface area contributed by atoms with Gasteiger partial charge in [0.15, 0.2) is 0 Å². The average molecular weight is 602 g/mol. The second-order valence-electron chi connectivity index (χ2n) is 11.1. The van der Waals surface area contributed by atoms with Crippen LogP contribution in [0, 0.1) is 11.8 Å². The number of benzene rings is 1. The molecule has 0 saturated heterocycles. The Hall–Kier alpha value is -4.30. The van der Waals surface area contributed by atoms with Gasteiger partial charge < -0.3 is 42.2 Å². The number of aliphatic hydroxyl groups is 1. The van der Waals surface area contributed by atoms with Crippen LogP contribution in [-0.2, 0) is 36.8 Å². The summed E-state index contributed by atoms with van der Waals surface area (Å²) in [6.45, 7) is 6.32. The number of carbonyl (C=O) groups is 5. The molecule has 0 saturated carbocycles. The molecule has 43 heavy (non-hydrogen) atoms. The van der Waals surface area contributed by atoms with E-state index in [0.717, 1.165) is 5.56 Å². The molecule has 0 radical (unpaired) electrons.